The number of anilines is 1. The van der Waals surface area contributed by atoms with Crippen LogP contribution in [0.15, 0.2) is 54.6 Å². The molecule has 0 unspecified atom stereocenters. The molecule has 6 heteroatoms. The van der Waals surface area contributed by atoms with E-state index in [2.05, 4.69) is 60.0 Å². The molecule has 186 valence electrons. The smallest absolute Gasteiger partial charge is 0.161 e. The summed E-state index contributed by atoms with van der Waals surface area (Å²) < 4.78 is 5.58. The van der Waals surface area contributed by atoms with Gasteiger partial charge in [-0.15, -0.1) is 0 Å². The summed E-state index contributed by atoms with van der Waals surface area (Å²) in [6.07, 6.45) is 0.480. The summed E-state index contributed by atoms with van der Waals surface area (Å²) in [5.74, 6) is 1.80. The minimum Gasteiger partial charge on any atom is -0.389 e. The number of hydrogen-bond donors (Lipinski definition) is 1. The maximum atomic E-state index is 10.4. The number of piperazine rings is 1. The second kappa shape index (κ2) is 11.8. The van der Waals surface area contributed by atoms with Crippen LogP contribution in [-0.2, 0) is 11.2 Å². The Morgan fingerprint density at radius 2 is 1.60 bits per heavy atom. The first kappa shape index (κ1) is 25.3. The number of aromatic nitrogens is 2. The van der Waals surface area contributed by atoms with Crippen LogP contribution in [0.4, 0.5) is 5.82 Å². The van der Waals surface area contributed by atoms with Crippen molar-refractivity contribution in [2.45, 2.75) is 46.3 Å². The van der Waals surface area contributed by atoms with Crippen molar-refractivity contribution in [3.63, 3.8) is 0 Å². The zero-order valence-corrected chi connectivity index (χ0v) is 21.4. The molecule has 1 saturated heterocycles. The van der Waals surface area contributed by atoms with E-state index in [9.17, 15) is 5.11 Å². The van der Waals surface area contributed by atoms with Crippen molar-refractivity contribution in [2.75, 3.05) is 44.2 Å². The van der Waals surface area contributed by atoms with Crippen molar-refractivity contribution >= 4 is 5.82 Å². The average Bonchev–Trinajstić information content (AvgIpc) is 2.86. The van der Waals surface area contributed by atoms with Crippen molar-refractivity contribution in [2.24, 2.45) is 0 Å². The third kappa shape index (κ3) is 6.66. The van der Waals surface area contributed by atoms with Gasteiger partial charge in [-0.3, -0.25) is 4.90 Å². The fraction of sp³-hybridized carbons (Fsp3) is 0.448. The lowest BCUT2D eigenvalue weighted by atomic mass is 9.99. The van der Waals surface area contributed by atoms with E-state index in [0.717, 1.165) is 55.5 Å². The lowest BCUT2D eigenvalue weighted by Crippen LogP contribution is -2.49. The molecule has 2 aromatic carbocycles. The number of ether oxygens (including phenoxy) is 1. The average molecular weight is 475 g/mol. The molecule has 1 aromatic heterocycles. The van der Waals surface area contributed by atoms with E-state index < -0.39 is 6.10 Å². The number of β-amino-alcohol motifs (C(OH)–C–C–N with tert-alkyl or cyclic N) is 1. The topological polar surface area (TPSA) is 61.7 Å². The first-order valence-electron chi connectivity index (χ1n) is 12.6. The van der Waals surface area contributed by atoms with Gasteiger partial charge < -0.3 is 14.7 Å². The van der Waals surface area contributed by atoms with Gasteiger partial charge in [-0.05, 0) is 38.8 Å². The predicted molar refractivity (Wildman–Crippen MR) is 142 cm³/mol. The van der Waals surface area contributed by atoms with Crippen molar-refractivity contribution in [1.82, 2.24) is 14.9 Å². The van der Waals surface area contributed by atoms with E-state index in [1.54, 1.807) is 0 Å². The van der Waals surface area contributed by atoms with Gasteiger partial charge in [0.1, 0.15) is 5.82 Å². The molecule has 0 spiro atoms. The Bertz CT molecular complexity index is 1100. The maximum absolute atomic E-state index is 10.4. The van der Waals surface area contributed by atoms with Gasteiger partial charge in [-0.25, -0.2) is 9.97 Å². The molecule has 0 bridgehead atoms. The molecule has 1 aliphatic heterocycles. The fourth-order valence-corrected chi connectivity index (χ4v) is 4.56. The summed E-state index contributed by atoms with van der Waals surface area (Å²) in [6.45, 7) is 12.8. The van der Waals surface area contributed by atoms with Crippen LogP contribution in [0, 0.1) is 13.8 Å². The van der Waals surface area contributed by atoms with Gasteiger partial charge in [0.05, 0.1) is 18.8 Å². The van der Waals surface area contributed by atoms with Crippen LogP contribution < -0.4 is 4.90 Å². The zero-order valence-electron chi connectivity index (χ0n) is 21.4. The molecule has 0 saturated carbocycles. The standard InChI is InChI=1S/C29H38N4O2/c1-21(2)35-20-26(34)19-32-14-16-33(17-15-32)29-27(18-25-13-9-8-10-22(25)3)23(4)30-28(31-29)24-11-6-5-7-12-24/h5-13,21,26,34H,14-20H2,1-4H3/t26-/m1/s1. The predicted octanol–water partition coefficient (Wildman–Crippen LogP) is 4.26. The fourth-order valence-electron chi connectivity index (χ4n) is 4.56. The summed E-state index contributed by atoms with van der Waals surface area (Å²) in [5, 5.41) is 10.4. The molecule has 2 heterocycles. The van der Waals surface area contributed by atoms with Crippen molar-refractivity contribution in [3.05, 3.63) is 77.0 Å². The second-order valence-electron chi connectivity index (χ2n) is 9.73. The molecular weight excluding hydrogens is 436 g/mol. The molecule has 0 amide bonds. The lowest BCUT2D eigenvalue weighted by Gasteiger charge is -2.37. The van der Waals surface area contributed by atoms with Crippen LogP contribution in [0.5, 0.6) is 0 Å². The molecule has 1 atom stereocenters. The van der Waals surface area contributed by atoms with Crippen LogP contribution >= 0.6 is 0 Å². The van der Waals surface area contributed by atoms with Gasteiger partial charge in [-0.2, -0.15) is 0 Å². The van der Waals surface area contributed by atoms with Crippen molar-refractivity contribution in [1.29, 1.82) is 0 Å². The van der Waals surface area contributed by atoms with E-state index >= 15 is 0 Å². The van der Waals surface area contributed by atoms with Gasteiger partial charge in [-0.1, -0.05) is 54.6 Å². The molecule has 3 aromatic rings. The summed E-state index contributed by atoms with van der Waals surface area (Å²) in [5.41, 5.74) is 5.84. The highest BCUT2D eigenvalue weighted by Gasteiger charge is 2.24. The Labute approximate surface area is 209 Å². The number of aryl methyl sites for hydroxylation is 2. The Balaban J connectivity index is 1.56. The number of aliphatic hydroxyl groups excluding tert-OH is 1. The third-order valence-electron chi connectivity index (χ3n) is 6.62. The summed E-state index contributed by atoms with van der Waals surface area (Å²) >= 11 is 0. The highest BCUT2D eigenvalue weighted by Crippen LogP contribution is 2.29. The molecule has 1 aliphatic rings. The Hall–Kier alpha value is -2.80. The van der Waals surface area contributed by atoms with Crippen LogP contribution in [0.25, 0.3) is 11.4 Å². The number of benzene rings is 2. The first-order valence-corrected chi connectivity index (χ1v) is 12.6. The number of nitrogens with zero attached hydrogens (tertiary/aromatic N) is 4. The van der Waals surface area contributed by atoms with Crippen molar-refractivity contribution in [3.8, 4) is 11.4 Å². The number of aliphatic hydroxyl groups is 1. The quantitative estimate of drug-likeness (QED) is 0.500. The van der Waals surface area contributed by atoms with E-state index in [0.29, 0.717) is 13.2 Å². The molecule has 0 aliphatic carbocycles. The van der Waals surface area contributed by atoms with Crippen LogP contribution in [0.1, 0.15) is 36.2 Å². The SMILES string of the molecule is Cc1ccccc1Cc1c(C)nc(-c2ccccc2)nc1N1CCN(C[C@@H](O)COC(C)C)CC1. The lowest BCUT2D eigenvalue weighted by molar-refractivity contribution is -0.00901. The van der Waals surface area contributed by atoms with E-state index in [1.807, 2.05) is 32.0 Å². The van der Waals surface area contributed by atoms with Crippen molar-refractivity contribution < 1.29 is 9.84 Å². The van der Waals surface area contributed by atoms with Gasteiger partial charge in [0.25, 0.3) is 0 Å². The van der Waals surface area contributed by atoms with Gasteiger partial charge in [0.15, 0.2) is 5.82 Å². The highest BCUT2D eigenvalue weighted by molar-refractivity contribution is 5.61. The molecular formula is C29H38N4O2. The second-order valence-corrected chi connectivity index (χ2v) is 9.73. The van der Waals surface area contributed by atoms with E-state index in [1.165, 1.54) is 16.7 Å². The van der Waals surface area contributed by atoms with E-state index in [-0.39, 0.29) is 6.10 Å². The molecule has 4 rings (SSSR count). The summed E-state index contributed by atoms with van der Waals surface area (Å²) in [4.78, 5) is 14.7. The van der Waals surface area contributed by atoms with Gasteiger partial charge >= 0.3 is 0 Å². The van der Waals surface area contributed by atoms with Gasteiger partial charge in [0.2, 0.25) is 0 Å². The molecule has 35 heavy (non-hydrogen) atoms. The Morgan fingerprint density at radius 3 is 2.29 bits per heavy atom. The molecule has 1 fully saturated rings. The van der Waals surface area contributed by atoms with E-state index in [4.69, 9.17) is 14.7 Å². The monoisotopic (exact) mass is 474 g/mol. The minimum atomic E-state index is -0.466. The molecule has 1 N–H and O–H groups in total. The molecule has 0 radical (unpaired) electrons. The van der Waals surface area contributed by atoms with Crippen LogP contribution in [-0.4, -0.2) is 71.5 Å². The third-order valence-corrected chi connectivity index (χ3v) is 6.62. The largest absolute Gasteiger partial charge is 0.389 e. The zero-order chi connectivity index (χ0) is 24.8. The van der Waals surface area contributed by atoms with Crippen LogP contribution in [0.3, 0.4) is 0 Å². The number of hydrogen-bond acceptors (Lipinski definition) is 6. The number of rotatable bonds is 9. The molecule has 6 nitrogen and oxygen atoms in total. The highest BCUT2D eigenvalue weighted by atomic mass is 16.5. The Kier molecular flexibility index (Phi) is 8.50. The minimum absolute atomic E-state index is 0.132. The van der Waals surface area contributed by atoms with Gasteiger partial charge in [0, 0.05) is 56.0 Å². The Morgan fingerprint density at radius 1 is 0.914 bits per heavy atom. The normalized spacial score (nSPS) is 15.5. The summed E-state index contributed by atoms with van der Waals surface area (Å²) in [7, 11) is 0. The first-order chi connectivity index (χ1) is 16.9. The van der Waals surface area contributed by atoms with Crippen LogP contribution in [0.2, 0.25) is 0 Å². The summed E-state index contributed by atoms with van der Waals surface area (Å²) in [6, 6.07) is 18.8. The maximum Gasteiger partial charge on any atom is 0.161 e.